The predicted octanol–water partition coefficient (Wildman–Crippen LogP) is 6.86. The third kappa shape index (κ3) is 4.57. The van der Waals surface area contributed by atoms with Crippen molar-refractivity contribution in [1.82, 2.24) is 0 Å². The van der Waals surface area contributed by atoms with Crippen LogP contribution in [0.2, 0.25) is 0 Å². The van der Waals surface area contributed by atoms with Crippen LogP contribution in [-0.2, 0) is 0 Å². The molecule has 0 aliphatic carbocycles. The zero-order valence-electron chi connectivity index (χ0n) is 14.5. The molecular formula is C24H24. The van der Waals surface area contributed by atoms with Crippen LogP contribution in [0, 0.1) is 0 Å². The van der Waals surface area contributed by atoms with Gasteiger partial charge in [0.1, 0.15) is 0 Å². The largest absolute Gasteiger partial charge is 0.0984 e. The van der Waals surface area contributed by atoms with Crippen LogP contribution in [0.1, 0.15) is 25.0 Å². The molecule has 120 valence electrons. The molecule has 0 fully saturated rings. The van der Waals surface area contributed by atoms with Crippen molar-refractivity contribution in [3.63, 3.8) is 0 Å². The van der Waals surface area contributed by atoms with Crippen LogP contribution in [0.3, 0.4) is 0 Å². The molecule has 0 N–H and O–H groups in total. The van der Waals surface area contributed by atoms with E-state index in [4.69, 9.17) is 0 Å². The molecule has 0 unspecified atom stereocenters. The van der Waals surface area contributed by atoms with Crippen LogP contribution in [0.15, 0.2) is 109 Å². The number of rotatable bonds is 6. The summed E-state index contributed by atoms with van der Waals surface area (Å²) in [4.78, 5) is 0. The van der Waals surface area contributed by atoms with Crippen molar-refractivity contribution < 1.29 is 0 Å². The van der Waals surface area contributed by atoms with Crippen LogP contribution in [0.4, 0.5) is 0 Å². The molecule has 0 amide bonds. The van der Waals surface area contributed by atoms with E-state index in [9.17, 15) is 0 Å². The molecule has 0 heterocycles. The zero-order chi connectivity index (χ0) is 17.4. The second-order valence-electron chi connectivity index (χ2n) is 5.63. The van der Waals surface area contributed by atoms with Gasteiger partial charge in [0, 0.05) is 0 Å². The summed E-state index contributed by atoms with van der Waals surface area (Å²) in [5.74, 6) is 0. The molecular weight excluding hydrogens is 288 g/mol. The van der Waals surface area contributed by atoms with Gasteiger partial charge in [0.05, 0.1) is 0 Å². The first-order valence-corrected chi connectivity index (χ1v) is 8.14. The Morgan fingerprint density at radius 3 is 1.75 bits per heavy atom. The van der Waals surface area contributed by atoms with E-state index in [0.717, 1.165) is 22.3 Å². The second-order valence-corrected chi connectivity index (χ2v) is 5.63. The van der Waals surface area contributed by atoms with Crippen LogP contribution in [0.5, 0.6) is 0 Å². The minimum Gasteiger partial charge on any atom is -0.0984 e. The molecule has 2 aromatic carbocycles. The van der Waals surface area contributed by atoms with Gasteiger partial charge in [0.2, 0.25) is 0 Å². The van der Waals surface area contributed by atoms with Crippen LogP contribution >= 0.6 is 0 Å². The molecule has 0 aromatic heterocycles. The van der Waals surface area contributed by atoms with Gasteiger partial charge in [-0.3, -0.25) is 0 Å². The highest BCUT2D eigenvalue weighted by Crippen LogP contribution is 2.23. The van der Waals surface area contributed by atoms with Gasteiger partial charge in [-0.15, -0.1) is 0 Å². The molecule has 0 radical (unpaired) electrons. The maximum atomic E-state index is 4.23. The third-order valence-corrected chi connectivity index (χ3v) is 3.95. The van der Waals surface area contributed by atoms with Gasteiger partial charge in [-0.25, -0.2) is 0 Å². The lowest BCUT2D eigenvalue weighted by Crippen LogP contribution is -1.87. The Hall–Kier alpha value is -2.86. The van der Waals surface area contributed by atoms with E-state index in [1.165, 1.54) is 11.1 Å². The summed E-state index contributed by atoms with van der Waals surface area (Å²) in [6, 6.07) is 20.6. The van der Waals surface area contributed by atoms with E-state index in [-0.39, 0.29) is 0 Å². The molecule has 0 heteroatoms. The molecule has 0 bridgehead atoms. The van der Waals surface area contributed by atoms with Gasteiger partial charge >= 0.3 is 0 Å². The lowest BCUT2D eigenvalue weighted by Gasteiger charge is -2.08. The minimum absolute atomic E-state index is 0.990. The van der Waals surface area contributed by atoms with E-state index in [2.05, 4.69) is 81.6 Å². The highest BCUT2D eigenvalue weighted by molar-refractivity contribution is 5.79. The van der Waals surface area contributed by atoms with Crippen molar-refractivity contribution in [2.45, 2.75) is 13.8 Å². The van der Waals surface area contributed by atoms with E-state index < -0.39 is 0 Å². The summed E-state index contributed by atoms with van der Waals surface area (Å²) in [7, 11) is 0. The number of hydrogen-bond acceptors (Lipinski definition) is 0. The Morgan fingerprint density at radius 2 is 1.29 bits per heavy atom. The Bertz CT molecular complexity index is 784. The highest BCUT2D eigenvalue weighted by atomic mass is 14.1. The average molecular weight is 312 g/mol. The normalized spacial score (nSPS) is 12.8. The van der Waals surface area contributed by atoms with Crippen LogP contribution in [0.25, 0.3) is 11.1 Å². The first-order valence-electron chi connectivity index (χ1n) is 8.14. The molecule has 0 saturated carbocycles. The smallest absolute Gasteiger partial charge is 0.0184 e. The van der Waals surface area contributed by atoms with Gasteiger partial charge in [-0.1, -0.05) is 92.0 Å². The Morgan fingerprint density at radius 1 is 0.792 bits per heavy atom. The lowest BCUT2D eigenvalue weighted by atomic mass is 9.97. The summed E-state index contributed by atoms with van der Waals surface area (Å²) in [6.07, 6.45) is 8.27. The van der Waals surface area contributed by atoms with Crippen molar-refractivity contribution >= 4 is 11.1 Å². The summed E-state index contributed by atoms with van der Waals surface area (Å²) < 4.78 is 0. The molecule has 24 heavy (non-hydrogen) atoms. The predicted molar refractivity (Wildman–Crippen MR) is 108 cm³/mol. The van der Waals surface area contributed by atoms with E-state index in [1.807, 2.05) is 30.3 Å². The highest BCUT2D eigenvalue weighted by Gasteiger charge is 2.02. The summed E-state index contributed by atoms with van der Waals surface area (Å²) in [5.41, 5.74) is 6.77. The van der Waals surface area contributed by atoms with Crippen LogP contribution < -0.4 is 0 Å². The minimum atomic E-state index is 0.990. The monoisotopic (exact) mass is 312 g/mol. The standard InChI is InChI=1S/C24H24/c1-5-21(23-13-9-7-10-14-23)17-19(3)20(4)18-22(6-2)24-15-11-8-12-16-24/h5-18H,1,3H2,2,4H3/b20-18+,21-17+,22-6+. The summed E-state index contributed by atoms with van der Waals surface area (Å²) in [5, 5.41) is 0. The maximum Gasteiger partial charge on any atom is -0.0184 e. The summed E-state index contributed by atoms with van der Waals surface area (Å²) in [6.45, 7) is 12.3. The maximum absolute atomic E-state index is 4.23. The van der Waals surface area contributed by atoms with E-state index in [0.29, 0.717) is 0 Å². The van der Waals surface area contributed by atoms with Gasteiger partial charge in [-0.05, 0) is 53.3 Å². The quantitative estimate of drug-likeness (QED) is 0.511. The third-order valence-electron chi connectivity index (χ3n) is 3.95. The van der Waals surface area contributed by atoms with Crippen LogP contribution in [-0.4, -0.2) is 0 Å². The van der Waals surface area contributed by atoms with E-state index >= 15 is 0 Å². The SMILES string of the molecule is C=C/C(=C\C(=C)/C(C)=C/C(=C\C)c1ccccc1)c1ccccc1. The molecule has 0 aliphatic rings. The van der Waals surface area contributed by atoms with E-state index in [1.54, 1.807) is 0 Å². The Kier molecular flexibility index (Phi) is 6.33. The number of benzene rings is 2. The Balaban J connectivity index is 2.28. The number of hydrogen-bond donors (Lipinski definition) is 0. The molecule has 2 rings (SSSR count). The fraction of sp³-hybridized carbons (Fsp3) is 0.0833. The van der Waals surface area contributed by atoms with Crippen molar-refractivity contribution in [3.8, 4) is 0 Å². The fourth-order valence-corrected chi connectivity index (χ4v) is 2.48. The van der Waals surface area contributed by atoms with Gasteiger partial charge in [0.25, 0.3) is 0 Å². The lowest BCUT2D eigenvalue weighted by molar-refractivity contribution is 1.43. The average Bonchev–Trinajstić information content (AvgIpc) is 2.65. The molecule has 0 saturated heterocycles. The van der Waals surface area contributed by atoms with Crippen molar-refractivity contribution in [2.75, 3.05) is 0 Å². The zero-order valence-corrected chi connectivity index (χ0v) is 14.5. The molecule has 0 spiro atoms. The summed E-state index contributed by atoms with van der Waals surface area (Å²) >= 11 is 0. The fourth-order valence-electron chi connectivity index (χ4n) is 2.48. The molecule has 2 aromatic rings. The van der Waals surface area contributed by atoms with Crippen molar-refractivity contribution in [3.05, 3.63) is 120 Å². The van der Waals surface area contributed by atoms with Gasteiger partial charge < -0.3 is 0 Å². The second kappa shape index (κ2) is 8.69. The molecule has 0 aliphatic heterocycles. The topological polar surface area (TPSA) is 0 Å². The number of allylic oxidation sites excluding steroid dienone is 8. The first-order chi connectivity index (χ1) is 11.7. The molecule has 0 atom stereocenters. The Labute approximate surface area is 145 Å². The van der Waals surface area contributed by atoms with Gasteiger partial charge in [-0.2, -0.15) is 0 Å². The van der Waals surface area contributed by atoms with Gasteiger partial charge in [0.15, 0.2) is 0 Å². The van der Waals surface area contributed by atoms with Crippen molar-refractivity contribution in [2.24, 2.45) is 0 Å². The van der Waals surface area contributed by atoms with Crippen molar-refractivity contribution in [1.29, 1.82) is 0 Å². The first kappa shape index (κ1) is 17.5. The molecule has 0 nitrogen and oxygen atoms in total.